The molecule has 1 aliphatic carbocycles. The van der Waals surface area contributed by atoms with E-state index in [1.807, 2.05) is 31.2 Å². The van der Waals surface area contributed by atoms with Crippen molar-refractivity contribution in [3.05, 3.63) is 29.8 Å². The second-order valence-corrected chi connectivity index (χ2v) is 4.91. The van der Waals surface area contributed by atoms with E-state index in [9.17, 15) is 9.90 Å². The van der Waals surface area contributed by atoms with Crippen LogP contribution in [0.2, 0.25) is 0 Å². The fourth-order valence-corrected chi connectivity index (χ4v) is 1.94. The Morgan fingerprint density at radius 2 is 2.17 bits per heavy atom. The van der Waals surface area contributed by atoms with E-state index in [1.54, 1.807) is 0 Å². The minimum Gasteiger partial charge on any atom is -0.484 e. The van der Waals surface area contributed by atoms with Crippen molar-refractivity contribution in [1.82, 2.24) is 5.32 Å². The first-order valence-corrected chi connectivity index (χ1v) is 6.27. The van der Waals surface area contributed by atoms with Gasteiger partial charge in [-0.2, -0.15) is 0 Å². The smallest absolute Gasteiger partial charge is 0.258 e. The zero-order valence-corrected chi connectivity index (χ0v) is 10.6. The number of aryl methyl sites for hydroxylation is 1. The normalized spacial score (nSPS) is 16.8. The molecule has 2 rings (SSSR count). The van der Waals surface area contributed by atoms with E-state index < -0.39 is 5.60 Å². The standard InChI is InChI=1S/C14H19NO3/c1-11-5-2-3-6-12(11)18-9-13(16)15-10-14(17)7-4-8-14/h2-3,5-6,17H,4,7-10H2,1H3,(H,15,16). The minimum atomic E-state index is -0.682. The van der Waals surface area contributed by atoms with Crippen LogP contribution in [0.25, 0.3) is 0 Å². The zero-order chi connectivity index (χ0) is 13.0. The predicted octanol–water partition coefficient (Wildman–Crippen LogP) is 1.41. The van der Waals surface area contributed by atoms with Gasteiger partial charge >= 0.3 is 0 Å². The summed E-state index contributed by atoms with van der Waals surface area (Å²) in [5, 5.41) is 12.5. The number of amides is 1. The summed E-state index contributed by atoms with van der Waals surface area (Å²) in [6.45, 7) is 2.24. The molecule has 0 heterocycles. The van der Waals surface area contributed by atoms with Crippen LogP contribution in [0.4, 0.5) is 0 Å². The van der Waals surface area contributed by atoms with Gasteiger partial charge in [0.25, 0.3) is 5.91 Å². The third-order valence-electron chi connectivity index (χ3n) is 3.35. The van der Waals surface area contributed by atoms with Crippen LogP contribution in [-0.4, -0.2) is 29.8 Å². The number of ether oxygens (including phenoxy) is 1. The molecule has 0 radical (unpaired) electrons. The summed E-state index contributed by atoms with van der Waals surface area (Å²) < 4.78 is 5.42. The van der Waals surface area contributed by atoms with Gasteiger partial charge in [0.15, 0.2) is 6.61 Å². The molecule has 4 heteroatoms. The number of rotatable bonds is 5. The molecule has 0 aromatic heterocycles. The maximum Gasteiger partial charge on any atom is 0.258 e. The minimum absolute atomic E-state index is 0.0130. The number of hydrogen-bond donors (Lipinski definition) is 2. The monoisotopic (exact) mass is 249 g/mol. The number of nitrogens with one attached hydrogen (secondary N) is 1. The van der Waals surface area contributed by atoms with E-state index in [0.29, 0.717) is 6.54 Å². The molecule has 1 fully saturated rings. The first-order chi connectivity index (χ1) is 8.59. The van der Waals surface area contributed by atoms with Crippen LogP contribution in [0.5, 0.6) is 5.75 Å². The van der Waals surface area contributed by atoms with Crippen molar-refractivity contribution >= 4 is 5.91 Å². The summed E-state index contributed by atoms with van der Waals surface area (Å²) in [7, 11) is 0. The molecule has 0 atom stereocenters. The number of hydrogen-bond acceptors (Lipinski definition) is 3. The highest BCUT2D eigenvalue weighted by atomic mass is 16.5. The summed E-state index contributed by atoms with van der Waals surface area (Å²) in [6.07, 6.45) is 2.57. The van der Waals surface area contributed by atoms with Gasteiger partial charge in [0.05, 0.1) is 5.60 Å². The average Bonchev–Trinajstić information content (AvgIpc) is 2.33. The highest BCUT2D eigenvalue weighted by molar-refractivity contribution is 5.77. The number of para-hydroxylation sites is 1. The Morgan fingerprint density at radius 3 is 2.78 bits per heavy atom. The molecule has 1 aromatic carbocycles. The third-order valence-corrected chi connectivity index (χ3v) is 3.35. The fraction of sp³-hybridized carbons (Fsp3) is 0.500. The second-order valence-electron chi connectivity index (χ2n) is 4.91. The molecule has 1 saturated carbocycles. The van der Waals surface area contributed by atoms with Gasteiger partial charge in [-0.05, 0) is 37.8 Å². The maximum absolute atomic E-state index is 11.6. The molecule has 0 bridgehead atoms. The Morgan fingerprint density at radius 1 is 1.44 bits per heavy atom. The number of aliphatic hydroxyl groups is 1. The lowest BCUT2D eigenvalue weighted by molar-refractivity contribution is -0.125. The number of carbonyl (C=O) groups is 1. The van der Waals surface area contributed by atoms with Crippen molar-refractivity contribution in [2.75, 3.05) is 13.2 Å². The SMILES string of the molecule is Cc1ccccc1OCC(=O)NCC1(O)CCC1. The summed E-state index contributed by atoms with van der Waals surface area (Å²) >= 11 is 0. The number of carbonyl (C=O) groups excluding carboxylic acids is 1. The van der Waals surface area contributed by atoms with Crippen molar-refractivity contribution in [3.63, 3.8) is 0 Å². The lowest BCUT2D eigenvalue weighted by atomic mass is 9.80. The van der Waals surface area contributed by atoms with Crippen LogP contribution in [-0.2, 0) is 4.79 Å². The van der Waals surface area contributed by atoms with E-state index >= 15 is 0 Å². The van der Waals surface area contributed by atoms with Crippen molar-refractivity contribution in [2.24, 2.45) is 0 Å². The summed E-state index contributed by atoms with van der Waals surface area (Å²) in [5.74, 6) is 0.522. The summed E-state index contributed by atoms with van der Waals surface area (Å²) in [4.78, 5) is 11.6. The predicted molar refractivity (Wildman–Crippen MR) is 68.5 cm³/mol. The van der Waals surface area contributed by atoms with E-state index in [4.69, 9.17) is 4.74 Å². The molecule has 0 unspecified atom stereocenters. The van der Waals surface area contributed by atoms with Crippen molar-refractivity contribution < 1.29 is 14.6 Å². The van der Waals surface area contributed by atoms with Crippen molar-refractivity contribution in [3.8, 4) is 5.75 Å². The molecule has 18 heavy (non-hydrogen) atoms. The topological polar surface area (TPSA) is 58.6 Å². The first-order valence-electron chi connectivity index (χ1n) is 6.27. The lowest BCUT2D eigenvalue weighted by Crippen LogP contribution is -2.48. The molecule has 2 N–H and O–H groups in total. The highest BCUT2D eigenvalue weighted by Gasteiger charge is 2.34. The molecule has 1 aromatic rings. The van der Waals surface area contributed by atoms with Crippen LogP contribution in [0, 0.1) is 6.92 Å². The Bertz CT molecular complexity index is 427. The Kier molecular flexibility index (Phi) is 3.87. The molecule has 1 amide bonds. The van der Waals surface area contributed by atoms with Crippen molar-refractivity contribution in [1.29, 1.82) is 0 Å². The maximum atomic E-state index is 11.6. The molecule has 1 aliphatic rings. The van der Waals surface area contributed by atoms with Crippen LogP contribution in [0.3, 0.4) is 0 Å². The van der Waals surface area contributed by atoms with Gasteiger partial charge in [-0.15, -0.1) is 0 Å². The van der Waals surface area contributed by atoms with Gasteiger partial charge in [0.1, 0.15) is 5.75 Å². The summed E-state index contributed by atoms with van der Waals surface area (Å²) in [5.41, 5.74) is 0.320. The average molecular weight is 249 g/mol. The van der Waals surface area contributed by atoms with E-state index in [2.05, 4.69) is 5.32 Å². The number of benzene rings is 1. The zero-order valence-electron chi connectivity index (χ0n) is 10.6. The highest BCUT2D eigenvalue weighted by Crippen LogP contribution is 2.30. The Balaban J connectivity index is 1.73. The molecule has 98 valence electrons. The van der Waals surface area contributed by atoms with Crippen LogP contribution >= 0.6 is 0 Å². The van der Waals surface area contributed by atoms with E-state index in [1.165, 1.54) is 0 Å². The molecule has 4 nitrogen and oxygen atoms in total. The van der Waals surface area contributed by atoms with E-state index in [0.717, 1.165) is 30.6 Å². The molecular weight excluding hydrogens is 230 g/mol. The lowest BCUT2D eigenvalue weighted by Gasteiger charge is -2.36. The largest absolute Gasteiger partial charge is 0.484 e. The van der Waals surface area contributed by atoms with Crippen LogP contribution < -0.4 is 10.1 Å². The first kappa shape index (κ1) is 12.9. The second kappa shape index (κ2) is 5.40. The Hall–Kier alpha value is -1.55. The van der Waals surface area contributed by atoms with E-state index in [-0.39, 0.29) is 12.5 Å². The Labute approximate surface area is 107 Å². The molecule has 0 aliphatic heterocycles. The quantitative estimate of drug-likeness (QED) is 0.829. The van der Waals surface area contributed by atoms with Gasteiger partial charge in [-0.3, -0.25) is 4.79 Å². The summed E-state index contributed by atoms with van der Waals surface area (Å²) in [6, 6.07) is 7.57. The van der Waals surface area contributed by atoms with Gasteiger partial charge in [0, 0.05) is 6.54 Å². The fourth-order valence-electron chi connectivity index (χ4n) is 1.94. The van der Waals surface area contributed by atoms with Gasteiger partial charge in [-0.1, -0.05) is 18.2 Å². The van der Waals surface area contributed by atoms with Crippen LogP contribution in [0.1, 0.15) is 24.8 Å². The third kappa shape index (κ3) is 3.23. The van der Waals surface area contributed by atoms with Crippen molar-refractivity contribution in [2.45, 2.75) is 31.8 Å². The molecule has 0 saturated heterocycles. The molecular formula is C14H19NO3. The van der Waals surface area contributed by atoms with Gasteiger partial charge in [-0.25, -0.2) is 0 Å². The van der Waals surface area contributed by atoms with Crippen LogP contribution in [0.15, 0.2) is 24.3 Å². The molecule has 0 spiro atoms. The van der Waals surface area contributed by atoms with Gasteiger partial charge < -0.3 is 15.2 Å². The van der Waals surface area contributed by atoms with Gasteiger partial charge in [0.2, 0.25) is 0 Å².